The van der Waals surface area contributed by atoms with Gasteiger partial charge in [0.25, 0.3) is 0 Å². The molecule has 0 N–H and O–H groups in total. The van der Waals surface area contributed by atoms with Crippen LogP contribution >= 0.6 is 0 Å². The quantitative estimate of drug-likeness (QED) is 0.192. The molecule has 1 heteroatoms. The Balaban J connectivity index is 1.25. The smallest absolute Gasteiger partial charge is 0.0578 e. The van der Waals surface area contributed by atoms with Crippen LogP contribution in [0.1, 0.15) is 41.8 Å². The first-order valence-corrected chi connectivity index (χ1v) is 15.1. The summed E-state index contributed by atoms with van der Waals surface area (Å²) in [6, 6.07) is 44.1. The molecule has 43 heavy (non-hydrogen) atoms. The van der Waals surface area contributed by atoms with Crippen molar-refractivity contribution in [3.05, 3.63) is 162 Å². The molecule has 0 amide bonds. The summed E-state index contributed by atoms with van der Waals surface area (Å²) in [5, 5.41) is 6.29. The third-order valence-corrected chi connectivity index (χ3v) is 9.55. The van der Waals surface area contributed by atoms with Crippen LogP contribution in [0.2, 0.25) is 0 Å². The van der Waals surface area contributed by atoms with Crippen molar-refractivity contribution >= 4 is 44.1 Å². The second-order valence-corrected chi connectivity index (χ2v) is 12.3. The first-order valence-electron chi connectivity index (χ1n) is 15.1. The minimum Gasteiger partial charge on any atom is -0.309 e. The summed E-state index contributed by atoms with van der Waals surface area (Å²) in [5.41, 5.74) is 12.4. The molecule has 7 aromatic rings. The molecular weight excluding hydrogens is 518 g/mol. The molecule has 2 heterocycles. The maximum absolute atomic E-state index is 4.58. The van der Waals surface area contributed by atoms with E-state index >= 15 is 0 Å². The number of aryl methyl sites for hydroxylation is 1. The Kier molecular flexibility index (Phi) is 5.61. The number of rotatable bonds is 4. The summed E-state index contributed by atoms with van der Waals surface area (Å²) >= 11 is 0. The van der Waals surface area contributed by atoms with E-state index in [4.69, 9.17) is 0 Å². The van der Waals surface area contributed by atoms with E-state index in [9.17, 15) is 0 Å². The molecule has 0 saturated heterocycles. The Morgan fingerprint density at radius 1 is 0.674 bits per heavy atom. The van der Waals surface area contributed by atoms with Crippen molar-refractivity contribution < 1.29 is 0 Å². The van der Waals surface area contributed by atoms with Gasteiger partial charge in [-0.3, -0.25) is 0 Å². The molecule has 6 aromatic carbocycles. The predicted octanol–water partition coefficient (Wildman–Crippen LogP) is 11.3. The molecular formula is C42H33N. The monoisotopic (exact) mass is 551 g/mol. The van der Waals surface area contributed by atoms with Gasteiger partial charge in [0.05, 0.1) is 11.2 Å². The lowest BCUT2D eigenvalue weighted by atomic mass is 9.75. The molecule has 206 valence electrons. The second-order valence-electron chi connectivity index (χ2n) is 12.3. The lowest BCUT2D eigenvalue weighted by Crippen LogP contribution is -2.26. The van der Waals surface area contributed by atoms with Crippen LogP contribution in [0.5, 0.6) is 0 Å². The largest absolute Gasteiger partial charge is 0.309 e. The maximum atomic E-state index is 4.58. The Morgan fingerprint density at radius 2 is 1.37 bits per heavy atom. The van der Waals surface area contributed by atoms with E-state index < -0.39 is 0 Å². The number of benzene rings is 6. The van der Waals surface area contributed by atoms with Gasteiger partial charge >= 0.3 is 0 Å². The highest BCUT2D eigenvalue weighted by Crippen LogP contribution is 2.47. The molecule has 0 spiro atoms. The van der Waals surface area contributed by atoms with Gasteiger partial charge in [0, 0.05) is 16.5 Å². The van der Waals surface area contributed by atoms with Crippen molar-refractivity contribution in [1.29, 1.82) is 0 Å². The summed E-state index contributed by atoms with van der Waals surface area (Å²) in [5.74, 6) is 0. The van der Waals surface area contributed by atoms with E-state index in [1.165, 1.54) is 71.6 Å². The fourth-order valence-corrected chi connectivity index (χ4v) is 7.27. The molecule has 0 bridgehead atoms. The van der Waals surface area contributed by atoms with Crippen LogP contribution in [-0.4, -0.2) is 4.57 Å². The summed E-state index contributed by atoms with van der Waals surface area (Å²) in [6.07, 6.45) is 4.47. The summed E-state index contributed by atoms with van der Waals surface area (Å²) in [4.78, 5) is 0. The molecule has 1 aliphatic heterocycles. The normalized spacial score (nSPS) is 13.7. The van der Waals surface area contributed by atoms with Crippen LogP contribution in [-0.2, 0) is 5.41 Å². The average Bonchev–Trinajstić information content (AvgIpc) is 3.33. The topological polar surface area (TPSA) is 4.93 Å². The van der Waals surface area contributed by atoms with Crippen molar-refractivity contribution in [2.75, 3.05) is 0 Å². The molecule has 0 fully saturated rings. The van der Waals surface area contributed by atoms with Gasteiger partial charge < -0.3 is 4.57 Å². The Morgan fingerprint density at radius 3 is 2.23 bits per heavy atom. The number of hydrogen-bond donors (Lipinski definition) is 0. The highest BCUT2D eigenvalue weighted by molar-refractivity contribution is 6.05. The van der Waals surface area contributed by atoms with Crippen molar-refractivity contribution in [1.82, 2.24) is 4.57 Å². The zero-order chi connectivity index (χ0) is 29.3. The van der Waals surface area contributed by atoms with Crippen LogP contribution < -0.4 is 0 Å². The van der Waals surface area contributed by atoms with E-state index in [2.05, 4.69) is 165 Å². The van der Waals surface area contributed by atoms with Crippen molar-refractivity contribution in [2.24, 2.45) is 0 Å². The highest BCUT2D eigenvalue weighted by atomic mass is 15.0. The minimum absolute atomic E-state index is 0.0623. The Hall–Kier alpha value is -5.14. The van der Waals surface area contributed by atoms with Crippen LogP contribution in [0.3, 0.4) is 0 Å². The lowest BCUT2D eigenvalue weighted by molar-refractivity contribution is 0.628. The second kappa shape index (κ2) is 9.44. The van der Waals surface area contributed by atoms with Gasteiger partial charge in [0.15, 0.2) is 0 Å². The molecule has 0 radical (unpaired) electrons. The fraction of sp³-hybridized carbons (Fsp3) is 0.0952. The average molecular weight is 552 g/mol. The zero-order valence-electron chi connectivity index (χ0n) is 24.9. The van der Waals surface area contributed by atoms with Gasteiger partial charge in [-0.2, -0.15) is 0 Å². The van der Waals surface area contributed by atoms with E-state index in [0.717, 1.165) is 11.1 Å². The number of hydrogen-bond acceptors (Lipinski definition) is 0. The van der Waals surface area contributed by atoms with Gasteiger partial charge in [-0.15, -0.1) is 0 Å². The lowest BCUT2D eigenvalue weighted by Gasteiger charge is -2.34. The molecule has 1 aliphatic rings. The van der Waals surface area contributed by atoms with Crippen LogP contribution in [0.25, 0.3) is 60.9 Å². The number of allylic oxidation sites excluding steroid dienone is 2. The summed E-state index contributed by atoms with van der Waals surface area (Å²) in [7, 11) is 0. The fourth-order valence-electron chi connectivity index (χ4n) is 7.27. The van der Waals surface area contributed by atoms with Crippen LogP contribution in [0.15, 0.2) is 134 Å². The number of nitrogens with zero attached hydrogens (tertiary/aromatic N) is 1. The van der Waals surface area contributed by atoms with Gasteiger partial charge in [0.1, 0.15) is 0 Å². The van der Waals surface area contributed by atoms with Gasteiger partial charge in [0.2, 0.25) is 0 Å². The SMILES string of the molecule is C=C(/C=C\c1c(C)c2cccc3c2n1-c1ccccc1C3(C)C)c1ccc(-c2ccc3ccccc3c2)c2ccccc12. The Bertz CT molecular complexity index is 2290. The first-order chi connectivity index (χ1) is 20.9. The van der Waals surface area contributed by atoms with Gasteiger partial charge in [-0.1, -0.05) is 136 Å². The van der Waals surface area contributed by atoms with Crippen molar-refractivity contribution in [3.63, 3.8) is 0 Å². The summed E-state index contributed by atoms with van der Waals surface area (Å²) < 4.78 is 2.46. The number of aromatic nitrogens is 1. The summed E-state index contributed by atoms with van der Waals surface area (Å²) in [6.45, 7) is 11.5. The van der Waals surface area contributed by atoms with E-state index in [1.807, 2.05) is 0 Å². The third-order valence-electron chi connectivity index (χ3n) is 9.55. The first kappa shape index (κ1) is 25.6. The third kappa shape index (κ3) is 3.78. The van der Waals surface area contributed by atoms with E-state index in [1.54, 1.807) is 0 Å². The molecule has 0 atom stereocenters. The van der Waals surface area contributed by atoms with Crippen LogP contribution in [0, 0.1) is 6.92 Å². The number of para-hydroxylation sites is 2. The zero-order valence-corrected chi connectivity index (χ0v) is 24.9. The predicted molar refractivity (Wildman–Crippen MR) is 185 cm³/mol. The highest BCUT2D eigenvalue weighted by Gasteiger charge is 2.35. The number of fused-ring (bicyclic) bond motifs is 4. The Labute approximate surface area is 253 Å². The molecule has 1 aromatic heterocycles. The van der Waals surface area contributed by atoms with Crippen molar-refractivity contribution in [2.45, 2.75) is 26.2 Å². The maximum Gasteiger partial charge on any atom is 0.0578 e. The van der Waals surface area contributed by atoms with E-state index in [-0.39, 0.29) is 5.41 Å². The molecule has 0 saturated carbocycles. The van der Waals surface area contributed by atoms with Crippen molar-refractivity contribution in [3.8, 4) is 16.8 Å². The minimum atomic E-state index is -0.0623. The van der Waals surface area contributed by atoms with E-state index in [0.29, 0.717) is 0 Å². The molecule has 1 nitrogen and oxygen atoms in total. The standard InChI is InChI=1S/C42H33N/c1-27(32-23-24-34(36-15-8-7-14-35(32)36)31-22-21-29-12-5-6-13-30(29)26-31)20-25-39-28(2)33-16-11-18-38-41(33)43(39)40-19-10-9-17-37(40)42(38,3)4/h5-26H,1H2,2-4H3/b25-20-. The van der Waals surface area contributed by atoms with Crippen LogP contribution in [0.4, 0.5) is 0 Å². The molecule has 0 unspecified atom stereocenters. The molecule has 0 aliphatic carbocycles. The molecule has 8 rings (SSSR count). The van der Waals surface area contributed by atoms with Gasteiger partial charge in [-0.25, -0.2) is 0 Å². The van der Waals surface area contributed by atoms with Gasteiger partial charge in [-0.05, 0) is 85.6 Å².